The van der Waals surface area contributed by atoms with Gasteiger partial charge in [-0.25, -0.2) is 0 Å². The highest BCUT2D eigenvalue weighted by Crippen LogP contribution is 2.39. The third-order valence-electron chi connectivity index (χ3n) is 4.00. The summed E-state index contributed by atoms with van der Waals surface area (Å²) in [5.41, 5.74) is 2.89. The van der Waals surface area contributed by atoms with E-state index in [-0.39, 0.29) is 0 Å². The molecule has 21 heavy (non-hydrogen) atoms. The van der Waals surface area contributed by atoms with Gasteiger partial charge >= 0.3 is 0 Å². The van der Waals surface area contributed by atoms with Gasteiger partial charge in [0.25, 0.3) is 0 Å². The molecule has 0 spiro atoms. The van der Waals surface area contributed by atoms with E-state index in [1.165, 1.54) is 42.5 Å². The Bertz CT molecular complexity index is 564. The predicted molar refractivity (Wildman–Crippen MR) is 94.0 cm³/mol. The number of hydrogen-bond acceptors (Lipinski definition) is 2. The van der Waals surface area contributed by atoms with Crippen LogP contribution in [0.15, 0.2) is 30.3 Å². The molecule has 1 aliphatic rings. The van der Waals surface area contributed by atoms with E-state index in [4.69, 9.17) is 4.74 Å². The molecule has 0 aliphatic heterocycles. The summed E-state index contributed by atoms with van der Waals surface area (Å²) < 4.78 is 5.51. The number of halogens is 1. The van der Waals surface area contributed by atoms with Gasteiger partial charge in [0, 0.05) is 9.75 Å². The third kappa shape index (κ3) is 3.51. The molecule has 0 saturated carbocycles. The summed E-state index contributed by atoms with van der Waals surface area (Å²) in [7, 11) is 0. The maximum Gasteiger partial charge on any atom is 0.119 e. The van der Waals surface area contributed by atoms with Crippen molar-refractivity contribution in [2.45, 2.75) is 43.9 Å². The molecule has 1 aromatic carbocycles. The van der Waals surface area contributed by atoms with Crippen LogP contribution in [0.3, 0.4) is 0 Å². The van der Waals surface area contributed by atoms with Crippen molar-refractivity contribution >= 4 is 27.3 Å². The van der Waals surface area contributed by atoms with Crippen molar-refractivity contribution in [3.63, 3.8) is 0 Å². The fourth-order valence-electron chi connectivity index (χ4n) is 2.88. The number of thiophene rings is 1. The Morgan fingerprint density at radius 1 is 1.14 bits per heavy atom. The van der Waals surface area contributed by atoms with E-state index in [1.807, 2.05) is 18.3 Å². The van der Waals surface area contributed by atoms with Crippen LogP contribution in [0.2, 0.25) is 0 Å². The number of hydrogen-bond donors (Lipinski definition) is 0. The van der Waals surface area contributed by atoms with Gasteiger partial charge in [-0.1, -0.05) is 34.5 Å². The van der Waals surface area contributed by atoms with Gasteiger partial charge in [-0.3, -0.25) is 0 Å². The number of alkyl halides is 1. The Labute approximate surface area is 139 Å². The summed E-state index contributed by atoms with van der Waals surface area (Å²) >= 11 is 5.86. The second kappa shape index (κ2) is 6.97. The third-order valence-corrected chi connectivity index (χ3v) is 6.63. The van der Waals surface area contributed by atoms with E-state index < -0.39 is 0 Å². The topological polar surface area (TPSA) is 9.23 Å². The second-order valence-corrected chi connectivity index (χ2v) is 7.61. The van der Waals surface area contributed by atoms with Gasteiger partial charge in [0.2, 0.25) is 0 Å². The average molecular weight is 365 g/mol. The molecule has 1 aliphatic carbocycles. The zero-order valence-electron chi connectivity index (χ0n) is 12.4. The molecule has 0 radical (unpaired) electrons. The van der Waals surface area contributed by atoms with Gasteiger partial charge < -0.3 is 4.74 Å². The first-order valence-corrected chi connectivity index (χ1v) is 9.49. The number of ether oxygens (including phenoxy) is 1. The lowest BCUT2D eigenvalue weighted by atomic mass is 10.1. The Hall–Kier alpha value is -0.800. The normalized spacial score (nSPS) is 16.1. The molecule has 112 valence electrons. The minimum atomic E-state index is 0.296. The molecule has 0 fully saturated rings. The molecule has 0 bridgehead atoms. The zero-order chi connectivity index (χ0) is 14.7. The van der Waals surface area contributed by atoms with E-state index in [0.29, 0.717) is 11.4 Å². The fourth-order valence-corrected chi connectivity index (χ4v) is 4.86. The van der Waals surface area contributed by atoms with Crippen LogP contribution in [0.25, 0.3) is 0 Å². The number of fused-ring (bicyclic) bond motifs is 1. The van der Waals surface area contributed by atoms with Crippen molar-refractivity contribution in [1.29, 1.82) is 0 Å². The molecule has 3 rings (SSSR count). The van der Waals surface area contributed by atoms with Crippen molar-refractivity contribution in [3.8, 4) is 5.75 Å². The lowest BCUT2D eigenvalue weighted by molar-refractivity contribution is 0.340. The summed E-state index contributed by atoms with van der Waals surface area (Å²) in [6.07, 6.45) is 6.60. The minimum Gasteiger partial charge on any atom is -0.494 e. The monoisotopic (exact) mass is 364 g/mol. The summed E-state index contributed by atoms with van der Waals surface area (Å²) in [5.74, 6) is 0.947. The van der Waals surface area contributed by atoms with Gasteiger partial charge in [-0.15, -0.1) is 11.3 Å². The van der Waals surface area contributed by atoms with E-state index in [2.05, 4.69) is 46.3 Å². The van der Waals surface area contributed by atoms with E-state index in [1.54, 1.807) is 10.4 Å². The molecule has 0 saturated heterocycles. The molecular weight excluding hydrogens is 344 g/mol. The Kier molecular flexibility index (Phi) is 5.02. The van der Waals surface area contributed by atoms with Crippen molar-refractivity contribution in [1.82, 2.24) is 0 Å². The zero-order valence-corrected chi connectivity index (χ0v) is 14.8. The van der Waals surface area contributed by atoms with Crippen LogP contribution in [0, 0.1) is 0 Å². The van der Waals surface area contributed by atoms with Crippen LogP contribution in [0.5, 0.6) is 5.75 Å². The van der Waals surface area contributed by atoms with Crippen molar-refractivity contribution in [2.24, 2.45) is 0 Å². The molecule has 1 aromatic heterocycles. The molecule has 1 nitrogen and oxygen atoms in total. The number of benzene rings is 1. The van der Waals surface area contributed by atoms with Gasteiger partial charge in [0.05, 0.1) is 11.4 Å². The number of rotatable bonds is 4. The van der Waals surface area contributed by atoms with Crippen LogP contribution in [0.1, 0.15) is 51.9 Å². The van der Waals surface area contributed by atoms with Crippen molar-refractivity contribution in [3.05, 3.63) is 51.2 Å². The van der Waals surface area contributed by atoms with Gasteiger partial charge in [-0.05, 0) is 61.9 Å². The van der Waals surface area contributed by atoms with Crippen molar-refractivity contribution in [2.75, 3.05) is 6.61 Å². The molecule has 3 heteroatoms. The minimum absolute atomic E-state index is 0.296. The maximum absolute atomic E-state index is 5.51. The number of aryl methyl sites for hydroxylation is 2. The van der Waals surface area contributed by atoms with Gasteiger partial charge in [-0.2, -0.15) is 0 Å². The molecule has 2 aromatic rings. The Morgan fingerprint density at radius 3 is 2.67 bits per heavy atom. The lowest BCUT2D eigenvalue weighted by Gasteiger charge is -2.09. The molecule has 1 atom stereocenters. The molecule has 0 N–H and O–H groups in total. The molecular formula is C18H21BrOS. The second-order valence-electron chi connectivity index (χ2n) is 5.52. The van der Waals surface area contributed by atoms with Crippen molar-refractivity contribution < 1.29 is 4.74 Å². The van der Waals surface area contributed by atoms with E-state index >= 15 is 0 Å². The van der Waals surface area contributed by atoms with Gasteiger partial charge in [0.15, 0.2) is 0 Å². The Morgan fingerprint density at radius 2 is 1.90 bits per heavy atom. The summed E-state index contributed by atoms with van der Waals surface area (Å²) in [4.78, 5) is 3.34. The van der Waals surface area contributed by atoms with Crippen LogP contribution in [-0.2, 0) is 12.8 Å². The average Bonchev–Trinajstić information content (AvgIpc) is 2.79. The maximum atomic E-state index is 5.51. The smallest absolute Gasteiger partial charge is 0.119 e. The first-order chi connectivity index (χ1) is 10.3. The molecule has 0 amide bonds. The van der Waals surface area contributed by atoms with E-state index in [9.17, 15) is 0 Å². The first-order valence-electron chi connectivity index (χ1n) is 7.76. The van der Waals surface area contributed by atoms with Crippen LogP contribution < -0.4 is 4.74 Å². The molecule has 1 heterocycles. The highest BCUT2D eigenvalue weighted by molar-refractivity contribution is 9.09. The van der Waals surface area contributed by atoms with Crippen LogP contribution >= 0.6 is 27.3 Å². The first kappa shape index (κ1) is 15.1. The van der Waals surface area contributed by atoms with Gasteiger partial charge in [0.1, 0.15) is 5.75 Å². The largest absolute Gasteiger partial charge is 0.494 e. The predicted octanol–water partition coefficient (Wildman–Crippen LogP) is 5.90. The quantitative estimate of drug-likeness (QED) is 0.484. The van der Waals surface area contributed by atoms with Crippen LogP contribution in [0.4, 0.5) is 0 Å². The van der Waals surface area contributed by atoms with E-state index in [0.717, 1.165) is 5.75 Å². The highest BCUT2D eigenvalue weighted by atomic mass is 79.9. The summed E-state index contributed by atoms with van der Waals surface area (Å²) in [5, 5.41) is 0. The lowest BCUT2D eigenvalue weighted by Crippen LogP contribution is -1.93. The SMILES string of the molecule is CCOc1ccc(C(Br)c2cc3c(s2)CCCCC3)cc1. The van der Waals surface area contributed by atoms with Crippen LogP contribution in [-0.4, -0.2) is 6.61 Å². The fraction of sp³-hybridized carbons (Fsp3) is 0.444. The molecule has 1 unspecified atom stereocenters. The standard InChI is InChI=1S/C18H21BrOS/c1-2-20-15-10-8-13(9-11-15)18(19)17-12-14-6-4-3-5-7-16(14)21-17/h8-12,18H,2-7H2,1H3. The summed E-state index contributed by atoms with van der Waals surface area (Å²) in [6, 6.07) is 10.9. The summed E-state index contributed by atoms with van der Waals surface area (Å²) in [6.45, 7) is 2.73. The highest BCUT2D eigenvalue weighted by Gasteiger charge is 2.18. The Balaban J connectivity index is 1.79.